The fraction of sp³-hybridized carbons (Fsp3) is 0. The molecule has 0 saturated heterocycles. The minimum atomic E-state index is -0.605. The van der Waals surface area contributed by atoms with Gasteiger partial charge in [-0.05, 0) is 24.3 Å². The van der Waals surface area contributed by atoms with Crippen LogP contribution in [0.5, 0.6) is 0 Å². The minimum Gasteiger partial charge on any atom is -0.267 e. The average Bonchev–Trinajstić information content (AvgIpc) is 2.48. The van der Waals surface area contributed by atoms with Gasteiger partial charge in [-0.2, -0.15) is 5.10 Å². The summed E-state index contributed by atoms with van der Waals surface area (Å²) in [5.41, 5.74) is 2.63. The van der Waals surface area contributed by atoms with E-state index in [0.29, 0.717) is 10.6 Å². The fourth-order valence-electron chi connectivity index (χ4n) is 1.65. The van der Waals surface area contributed by atoms with Crippen molar-refractivity contribution in [3.05, 3.63) is 72.7 Å². The number of hydrogen-bond acceptors (Lipinski definition) is 4. The molecular formula is C14H8Cl3N3O3. The normalized spacial score (nSPS) is 10.7. The van der Waals surface area contributed by atoms with Crippen molar-refractivity contribution in [3.63, 3.8) is 0 Å². The number of carbonyl (C=O) groups excluding carboxylic acids is 1. The summed E-state index contributed by atoms with van der Waals surface area (Å²) in [7, 11) is 0. The molecule has 0 spiro atoms. The van der Waals surface area contributed by atoms with E-state index in [9.17, 15) is 14.9 Å². The van der Waals surface area contributed by atoms with Crippen molar-refractivity contribution in [1.82, 2.24) is 5.43 Å². The molecule has 0 heterocycles. The zero-order valence-electron chi connectivity index (χ0n) is 11.3. The van der Waals surface area contributed by atoms with Crippen LogP contribution in [0.2, 0.25) is 15.1 Å². The molecule has 2 rings (SSSR count). The van der Waals surface area contributed by atoms with Crippen LogP contribution in [0.15, 0.2) is 41.5 Å². The molecular weight excluding hydrogens is 365 g/mol. The Labute approximate surface area is 145 Å². The van der Waals surface area contributed by atoms with E-state index in [-0.39, 0.29) is 21.3 Å². The smallest absolute Gasteiger partial charge is 0.267 e. The van der Waals surface area contributed by atoms with Crippen LogP contribution in [0.25, 0.3) is 0 Å². The first-order chi connectivity index (χ1) is 10.9. The summed E-state index contributed by atoms with van der Waals surface area (Å²) in [6, 6.07) is 8.56. The third kappa shape index (κ3) is 4.41. The number of hydrogen-bond donors (Lipinski definition) is 1. The van der Waals surface area contributed by atoms with Gasteiger partial charge in [0, 0.05) is 16.7 Å². The lowest BCUT2D eigenvalue weighted by Gasteiger charge is -2.03. The van der Waals surface area contributed by atoms with Gasteiger partial charge < -0.3 is 0 Å². The monoisotopic (exact) mass is 371 g/mol. The van der Waals surface area contributed by atoms with Crippen molar-refractivity contribution >= 4 is 52.6 Å². The Morgan fingerprint density at radius 3 is 2.52 bits per heavy atom. The first kappa shape index (κ1) is 17.2. The van der Waals surface area contributed by atoms with Crippen molar-refractivity contribution in [2.75, 3.05) is 0 Å². The maximum absolute atomic E-state index is 11.9. The summed E-state index contributed by atoms with van der Waals surface area (Å²) in [6.45, 7) is 0. The molecule has 118 valence electrons. The number of nitrogens with zero attached hydrogens (tertiary/aromatic N) is 2. The lowest BCUT2D eigenvalue weighted by molar-refractivity contribution is -0.384. The van der Waals surface area contributed by atoms with E-state index in [2.05, 4.69) is 10.5 Å². The Morgan fingerprint density at radius 2 is 1.87 bits per heavy atom. The first-order valence-electron chi connectivity index (χ1n) is 6.11. The van der Waals surface area contributed by atoms with E-state index in [1.54, 1.807) is 0 Å². The molecule has 0 fully saturated rings. The van der Waals surface area contributed by atoms with Crippen LogP contribution in [0.4, 0.5) is 5.69 Å². The van der Waals surface area contributed by atoms with Crippen molar-refractivity contribution in [1.29, 1.82) is 0 Å². The number of benzene rings is 2. The van der Waals surface area contributed by atoms with Gasteiger partial charge in [-0.1, -0.05) is 40.9 Å². The minimum absolute atomic E-state index is 0.0177. The zero-order valence-corrected chi connectivity index (χ0v) is 13.6. The highest BCUT2D eigenvalue weighted by molar-refractivity contribution is 6.36. The Balaban J connectivity index is 2.11. The maximum atomic E-state index is 11.9. The van der Waals surface area contributed by atoms with Crippen LogP contribution < -0.4 is 5.43 Å². The van der Waals surface area contributed by atoms with Gasteiger partial charge in [-0.15, -0.1) is 0 Å². The molecule has 1 N–H and O–H groups in total. The van der Waals surface area contributed by atoms with Crippen LogP contribution in [-0.4, -0.2) is 17.0 Å². The van der Waals surface area contributed by atoms with E-state index in [1.165, 1.54) is 42.6 Å². The average molecular weight is 373 g/mol. The largest absolute Gasteiger partial charge is 0.288 e. The standard InChI is InChI=1S/C14H8Cl3N3O3/c15-9-2-3-10(12(17)6-9)14(21)19-18-7-8-1-4-11(16)13(5-8)20(22)23/h1-7H,(H,19,21). The van der Waals surface area contributed by atoms with Crippen LogP contribution in [0.1, 0.15) is 15.9 Å². The second-order valence-corrected chi connectivity index (χ2v) is 5.54. The molecule has 0 aliphatic rings. The highest BCUT2D eigenvalue weighted by Gasteiger charge is 2.12. The predicted molar refractivity (Wildman–Crippen MR) is 89.6 cm³/mol. The quantitative estimate of drug-likeness (QED) is 0.493. The first-order valence-corrected chi connectivity index (χ1v) is 7.24. The van der Waals surface area contributed by atoms with E-state index in [1.807, 2.05) is 0 Å². The molecule has 9 heteroatoms. The summed E-state index contributed by atoms with van der Waals surface area (Å²) >= 11 is 17.4. The van der Waals surface area contributed by atoms with E-state index in [4.69, 9.17) is 34.8 Å². The molecule has 0 aliphatic carbocycles. The Kier molecular flexibility index (Phi) is 5.54. The van der Waals surface area contributed by atoms with Crippen molar-refractivity contribution < 1.29 is 9.72 Å². The second-order valence-electron chi connectivity index (χ2n) is 4.29. The number of amides is 1. The number of nitrogens with one attached hydrogen (secondary N) is 1. The number of halogens is 3. The van der Waals surface area contributed by atoms with Gasteiger partial charge in [0.25, 0.3) is 11.6 Å². The SMILES string of the molecule is O=C(NN=Cc1ccc(Cl)c([N+](=O)[O-])c1)c1ccc(Cl)cc1Cl. The van der Waals surface area contributed by atoms with Gasteiger partial charge >= 0.3 is 0 Å². The van der Waals surface area contributed by atoms with Gasteiger partial charge in [0.2, 0.25) is 0 Å². The number of nitro groups is 1. The molecule has 2 aromatic carbocycles. The summed E-state index contributed by atoms with van der Waals surface area (Å²) in [5, 5.41) is 15.1. The van der Waals surface area contributed by atoms with Gasteiger partial charge in [0.05, 0.1) is 21.7 Å². The Morgan fingerprint density at radius 1 is 1.13 bits per heavy atom. The summed E-state index contributed by atoms with van der Waals surface area (Å²) in [5.74, 6) is -0.536. The van der Waals surface area contributed by atoms with Crippen LogP contribution in [0, 0.1) is 10.1 Å². The van der Waals surface area contributed by atoms with Crippen LogP contribution in [-0.2, 0) is 0 Å². The van der Waals surface area contributed by atoms with Gasteiger partial charge in [-0.3, -0.25) is 14.9 Å². The Bertz CT molecular complexity index is 809. The molecule has 0 aliphatic heterocycles. The van der Waals surface area contributed by atoms with E-state index < -0.39 is 10.8 Å². The molecule has 6 nitrogen and oxygen atoms in total. The number of rotatable bonds is 4. The number of nitro benzene ring substituents is 1. The third-order valence-electron chi connectivity index (χ3n) is 2.72. The highest BCUT2D eigenvalue weighted by Crippen LogP contribution is 2.24. The van der Waals surface area contributed by atoms with Crippen molar-refractivity contribution in [2.45, 2.75) is 0 Å². The summed E-state index contributed by atoms with van der Waals surface area (Å²) in [4.78, 5) is 22.1. The number of carbonyl (C=O) groups is 1. The predicted octanol–water partition coefficient (Wildman–Crippen LogP) is 4.32. The van der Waals surface area contributed by atoms with E-state index >= 15 is 0 Å². The molecule has 2 aromatic rings. The summed E-state index contributed by atoms with van der Waals surface area (Å²) in [6.07, 6.45) is 1.26. The van der Waals surface area contributed by atoms with Crippen molar-refractivity contribution in [3.8, 4) is 0 Å². The molecule has 0 aromatic heterocycles. The Hall–Kier alpha value is -2.15. The van der Waals surface area contributed by atoms with Gasteiger partial charge in [0.15, 0.2) is 0 Å². The molecule has 0 radical (unpaired) electrons. The van der Waals surface area contributed by atoms with Crippen molar-refractivity contribution in [2.24, 2.45) is 5.10 Å². The maximum Gasteiger partial charge on any atom is 0.288 e. The zero-order chi connectivity index (χ0) is 17.0. The van der Waals surface area contributed by atoms with Crippen LogP contribution in [0.3, 0.4) is 0 Å². The topological polar surface area (TPSA) is 84.6 Å². The molecule has 1 amide bonds. The lowest BCUT2D eigenvalue weighted by Crippen LogP contribution is -2.18. The second kappa shape index (κ2) is 7.41. The molecule has 0 bridgehead atoms. The molecule has 0 unspecified atom stereocenters. The van der Waals surface area contributed by atoms with Gasteiger partial charge in [0.1, 0.15) is 5.02 Å². The number of hydrazone groups is 1. The van der Waals surface area contributed by atoms with Crippen LogP contribution >= 0.6 is 34.8 Å². The molecule has 23 heavy (non-hydrogen) atoms. The lowest BCUT2D eigenvalue weighted by atomic mass is 10.2. The third-order valence-corrected chi connectivity index (χ3v) is 3.59. The van der Waals surface area contributed by atoms with Gasteiger partial charge in [-0.25, -0.2) is 5.43 Å². The fourth-order valence-corrected chi connectivity index (χ4v) is 2.33. The molecule has 0 atom stereocenters. The van der Waals surface area contributed by atoms with E-state index in [0.717, 1.165) is 0 Å². The highest BCUT2D eigenvalue weighted by atomic mass is 35.5. The molecule has 0 saturated carbocycles. The summed E-state index contributed by atoms with van der Waals surface area (Å²) < 4.78 is 0.